The van der Waals surface area contributed by atoms with Gasteiger partial charge in [-0.3, -0.25) is 14.4 Å². The number of hydrogen-bond donors (Lipinski definition) is 3. The van der Waals surface area contributed by atoms with Crippen molar-refractivity contribution in [2.24, 2.45) is 0 Å². The quantitative estimate of drug-likeness (QED) is 0.369. The lowest BCUT2D eigenvalue weighted by molar-refractivity contribution is -0.138. The van der Waals surface area contributed by atoms with Crippen molar-refractivity contribution in [2.75, 3.05) is 40.3 Å². The second-order valence-corrected chi connectivity index (χ2v) is 11.1. The van der Waals surface area contributed by atoms with Gasteiger partial charge in [0.15, 0.2) is 0 Å². The van der Waals surface area contributed by atoms with Gasteiger partial charge < -0.3 is 30.3 Å². The van der Waals surface area contributed by atoms with E-state index in [1.165, 1.54) is 34.7 Å². The van der Waals surface area contributed by atoms with Crippen molar-refractivity contribution in [3.63, 3.8) is 0 Å². The Morgan fingerprint density at radius 2 is 1.98 bits per heavy atom. The van der Waals surface area contributed by atoms with Gasteiger partial charge in [0.2, 0.25) is 11.8 Å². The first-order chi connectivity index (χ1) is 20.6. The number of aromatic nitrogens is 1. The van der Waals surface area contributed by atoms with Gasteiger partial charge >= 0.3 is 0 Å². The average Bonchev–Trinajstić information content (AvgIpc) is 3.41. The van der Waals surface area contributed by atoms with Gasteiger partial charge in [0.1, 0.15) is 23.3 Å². The summed E-state index contributed by atoms with van der Waals surface area (Å²) in [7, 11) is 3.69. The molecule has 0 radical (unpaired) electrons. The third-order valence-corrected chi connectivity index (χ3v) is 8.03. The number of halogens is 1. The summed E-state index contributed by atoms with van der Waals surface area (Å²) in [4.78, 5) is 47.1. The van der Waals surface area contributed by atoms with E-state index in [2.05, 4.69) is 33.6 Å². The number of likely N-dealkylation sites (N-methyl/N-ethyl adjacent to an activating group) is 1. The first kappa shape index (κ1) is 30.1. The lowest BCUT2D eigenvalue weighted by atomic mass is 9.91. The molecule has 3 atom stereocenters. The summed E-state index contributed by atoms with van der Waals surface area (Å²) in [5.41, 5.74) is 3.64. The Hall–Kier alpha value is -4.35. The minimum absolute atomic E-state index is 0.0187. The van der Waals surface area contributed by atoms with Crippen LogP contribution in [0.3, 0.4) is 0 Å². The van der Waals surface area contributed by atoms with Gasteiger partial charge in [-0.2, -0.15) is 0 Å². The Morgan fingerprint density at radius 1 is 1.16 bits per heavy atom. The number of fused-ring (bicyclic) bond motifs is 1. The number of rotatable bonds is 8. The molecule has 43 heavy (non-hydrogen) atoms. The highest BCUT2D eigenvalue weighted by atomic mass is 19.1. The maximum Gasteiger partial charge on any atom is 0.270 e. The number of ether oxygens (including phenoxy) is 1. The van der Waals surface area contributed by atoms with Crippen molar-refractivity contribution in [1.29, 1.82) is 0 Å². The molecule has 1 saturated heterocycles. The van der Waals surface area contributed by atoms with E-state index in [9.17, 15) is 23.9 Å². The molecule has 2 aromatic carbocycles. The van der Waals surface area contributed by atoms with Crippen molar-refractivity contribution in [1.82, 2.24) is 25.4 Å². The van der Waals surface area contributed by atoms with Crippen LogP contribution in [0.1, 0.15) is 47.4 Å². The topological polar surface area (TPSA) is 124 Å². The molecule has 0 aliphatic carbocycles. The maximum atomic E-state index is 13.5. The SMILES string of the molecule is COc1ccc([C@H](C)NC(=O)[C@@H]2C[C@@H](O)CN2C(=O)CNC(=O)c2ccc3cc(F)ccc3n2)c(C2=CCN(C)CC2)c1. The Morgan fingerprint density at radius 3 is 2.72 bits per heavy atom. The zero-order chi connectivity index (χ0) is 30.7. The van der Waals surface area contributed by atoms with E-state index in [4.69, 9.17) is 4.74 Å². The van der Waals surface area contributed by atoms with Crippen LogP contribution in [0.2, 0.25) is 0 Å². The monoisotopic (exact) mass is 589 g/mol. The molecular weight excluding hydrogens is 553 g/mol. The summed E-state index contributed by atoms with van der Waals surface area (Å²) in [6.45, 7) is 3.25. The molecule has 11 heteroatoms. The molecule has 0 spiro atoms. The molecule has 3 amide bonds. The maximum absolute atomic E-state index is 13.5. The standard InChI is InChI=1S/C32H36FN5O5/c1-19(25-7-6-24(43-3)16-26(25)20-10-12-37(2)13-11-20)35-32(42)29-15-23(39)18-38(29)30(40)17-34-31(41)28-8-4-21-14-22(33)5-9-27(21)36-28/h4-10,14,16,19,23,29,39H,11-13,15,17-18H2,1-3H3,(H,34,41)(H,35,42)/t19-,23+,29-/m0/s1. The van der Waals surface area contributed by atoms with E-state index in [0.717, 1.165) is 36.4 Å². The fourth-order valence-corrected chi connectivity index (χ4v) is 5.63. The Bertz CT molecular complexity index is 1580. The van der Waals surface area contributed by atoms with Crippen LogP contribution in [0.4, 0.5) is 4.39 Å². The molecule has 226 valence electrons. The first-order valence-corrected chi connectivity index (χ1v) is 14.3. The number of pyridine rings is 1. The Labute approximate surface area is 249 Å². The van der Waals surface area contributed by atoms with Crippen molar-refractivity contribution >= 4 is 34.2 Å². The molecule has 0 unspecified atom stereocenters. The molecule has 2 aliphatic rings. The van der Waals surface area contributed by atoms with E-state index in [1.807, 2.05) is 25.1 Å². The molecule has 0 bridgehead atoms. The first-order valence-electron chi connectivity index (χ1n) is 14.3. The van der Waals surface area contributed by atoms with E-state index in [0.29, 0.717) is 10.9 Å². The van der Waals surface area contributed by atoms with Crippen LogP contribution in [0.25, 0.3) is 16.5 Å². The number of methoxy groups -OCH3 is 1. The largest absolute Gasteiger partial charge is 0.497 e. The molecule has 3 N–H and O–H groups in total. The molecule has 0 saturated carbocycles. The summed E-state index contributed by atoms with van der Waals surface area (Å²) in [6, 6.07) is 11.6. The molecule has 1 fully saturated rings. The highest BCUT2D eigenvalue weighted by Crippen LogP contribution is 2.32. The smallest absolute Gasteiger partial charge is 0.270 e. The van der Waals surface area contributed by atoms with Crippen LogP contribution >= 0.6 is 0 Å². The predicted octanol–water partition coefficient (Wildman–Crippen LogP) is 2.67. The lowest BCUT2D eigenvalue weighted by Gasteiger charge is -2.28. The van der Waals surface area contributed by atoms with Crippen molar-refractivity contribution in [3.05, 3.63) is 77.2 Å². The van der Waals surface area contributed by atoms with Crippen molar-refractivity contribution in [2.45, 2.75) is 38.0 Å². The number of nitrogens with one attached hydrogen (secondary N) is 2. The van der Waals surface area contributed by atoms with Gasteiger partial charge in [-0.1, -0.05) is 18.2 Å². The summed E-state index contributed by atoms with van der Waals surface area (Å²) < 4.78 is 18.9. The molecule has 2 aliphatic heterocycles. The Balaban J connectivity index is 1.25. The fraction of sp³-hybridized carbons (Fsp3) is 0.375. The van der Waals surface area contributed by atoms with Gasteiger partial charge in [0.05, 0.1) is 31.3 Å². The van der Waals surface area contributed by atoms with Crippen LogP contribution < -0.4 is 15.4 Å². The minimum Gasteiger partial charge on any atom is -0.497 e. The number of nitrogens with zero attached hydrogens (tertiary/aromatic N) is 3. The summed E-state index contributed by atoms with van der Waals surface area (Å²) in [5.74, 6) is -1.14. The summed E-state index contributed by atoms with van der Waals surface area (Å²) in [6.07, 6.45) is 2.28. The van der Waals surface area contributed by atoms with Crippen molar-refractivity contribution in [3.8, 4) is 5.75 Å². The second kappa shape index (κ2) is 12.9. The van der Waals surface area contributed by atoms with Gasteiger partial charge in [0, 0.05) is 31.4 Å². The normalized spacial score (nSPS) is 19.6. The highest BCUT2D eigenvalue weighted by molar-refractivity contribution is 5.97. The van der Waals surface area contributed by atoms with E-state index >= 15 is 0 Å². The molecule has 3 heterocycles. The molecule has 3 aromatic rings. The minimum atomic E-state index is -0.889. The lowest BCUT2D eigenvalue weighted by Crippen LogP contribution is -2.49. The van der Waals surface area contributed by atoms with Gasteiger partial charge in [-0.05, 0) is 73.5 Å². The average molecular weight is 590 g/mol. The Kier molecular flexibility index (Phi) is 9.02. The number of amides is 3. The molecule has 10 nitrogen and oxygen atoms in total. The third kappa shape index (κ3) is 6.84. The molecule has 1 aromatic heterocycles. The molecule has 5 rings (SSSR count). The van der Waals surface area contributed by atoms with Gasteiger partial charge in [-0.25, -0.2) is 9.37 Å². The second-order valence-electron chi connectivity index (χ2n) is 11.1. The van der Waals surface area contributed by atoms with Crippen molar-refractivity contribution < 1.29 is 28.6 Å². The number of aliphatic hydroxyl groups is 1. The number of benzene rings is 2. The van der Waals surface area contributed by atoms with Gasteiger partial charge in [-0.15, -0.1) is 0 Å². The third-order valence-electron chi connectivity index (χ3n) is 8.03. The molecular formula is C32H36FN5O5. The van der Waals surface area contributed by atoms with E-state index in [1.54, 1.807) is 13.2 Å². The summed E-state index contributed by atoms with van der Waals surface area (Å²) >= 11 is 0. The number of carbonyl (C=O) groups excluding carboxylic acids is 3. The van der Waals surface area contributed by atoms with Crippen LogP contribution in [0, 0.1) is 5.82 Å². The zero-order valence-electron chi connectivity index (χ0n) is 24.5. The van der Waals surface area contributed by atoms with Gasteiger partial charge in [0.25, 0.3) is 5.91 Å². The van der Waals surface area contributed by atoms with E-state index in [-0.39, 0.29) is 37.2 Å². The number of hydrogen-bond acceptors (Lipinski definition) is 7. The van der Waals surface area contributed by atoms with Crippen LogP contribution in [-0.2, 0) is 9.59 Å². The van der Waals surface area contributed by atoms with Crippen LogP contribution in [0.5, 0.6) is 5.75 Å². The number of carbonyl (C=O) groups is 3. The van der Waals surface area contributed by atoms with Crippen LogP contribution in [0.15, 0.2) is 54.6 Å². The predicted molar refractivity (Wildman–Crippen MR) is 160 cm³/mol. The zero-order valence-corrected chi connectivity index (χ0v) is 24.5. The highest BCUT2D eigenvalue weighted by Gasteiger charge is 2.39. The summed E-state index contributed by atoms with van der Waals surface area (Å²) in [5, 5.41) is 16.5. The number of likely N-dealkylation sites (tertiary alicyclic amines) is 1. The number of aliphatic hydroxyl groups excluding tert-OH is 1. The van der Waals surface area contributed by atoms with E-state index < -0.39 is 29.8 Å². The number of β-amino-alcohol motifs (C(OH)–C–C–N with tert-alkyl or cyclic N) is 1. The fourth-order valence-electron chi connectivity index (χ4n) is 5.63. The van der Waals surface area contributed by atoms with Crippen LogP contribution in [-0.4, -0.2) is 90.1 Å².